The number of esters is 1. The van der Waals surface area contributed by atoms with E-state index >= 15 is 0 Å². The summed E-state index contributed by atoms with van der Waals surface area (Å²) in [5, 5.41) is 3.11. The Hall–Kier alpha value is -2.69. The summed E-state index contributed by atoms with van der Waals surface area (Å²) >= 11 is 0. The number of ether oxygens (including phenoxy) is 1. The van der Waals surface area contributed by atoms with Crippen LogP contribution in [-0.2, 0) is 14.3 Å². The average molecular weight is 480 g/mol. The van der Waals surface area contributed by atoms with Gasteiger partial charge in [-0.15, -0.1) is 0 Å². The Morgan fingerprint density at radius 1 is 1.20 bits per heavy atom. The molecule has 35 heavy (non-hydrogen) atoms. The van der Waals surface area contributed by atoms with Crippen molar-refractivity contribution in [2.45, 2.75) is 65.0 Å². The maximum Gasteiger partial charge on any atom is 0.309 e. The van der Waals surface area contributed by atoms with E-state index in [4.69, 9.17) is 4.74 Å². The van der Waals surface area contributed by atoms with E-state index in [-0.39, 0.29) is 43.1 Å². The molecular weight excluding hydrogens is 441 g/mol. The van der Waals surface area contributed by atoms with Crippen molar-refractivity contribution in [3.8, 4) is 0 Å². The third-order valence-corrected chi connectivity index (χ3v) is 8.80. The Balaban J connectivity index is 0.00000304. The molecule has 1 saturated heterocycles. The van der Waals surface area contributed by atoms with Crippen molar-refractivity contribution < 1.29 is 20.1 Å². The first-order valence-electron chi connectivity index (χ1n) is 13.1. The second-order valence-electron chi connectivity index (χ2n) is 11.1. The predicted molar refractivity (Wildman–Crippen MR) is 137 cm³/mol. The zero-order valence-electron chi connectivity index (χ0n) is 20.9. The molecule has 5 heteroatoms. The van der Waals surface area contributed by atoms with Crippen LogP contribution >= 0.6 is 0 Å². The first-order valence-corrected chi connectivity index (χ1v) is 13.1. The summed E-state index contributed by atoms with van der Waals surface area (Å²) in [6, 6.07) is 7.03. The van der Waals surface area contributed by atoms with Gasteiger partial charge in [0.15, 0.2) is 0 Å². The van der Waals surface area contributed by atoms with Crippen molar-refractivity contribution in [1.82, 2.24) is 5.32 Å². The molecule has 5 rings (SSSR count). The number of fused-ring (bicyclic) bond motifs is 2. The van der Waals surface area contributed by atoms with E-state index in [0.717, 1.165) is 37.7 Å². The van der Waals surface area contributed by atoms with Gasteiger partial charge in [-0.05, 0) is 91.5 Å². The van der Waals surface area contributed by atoms with Gasteiger partial charge in [0.1, 0.15) is 11.9 Å². The number of allylic oxidation sites excluding steroid dienone is 6. The van der Waals surface area contributed by atoms with Gasteiger partial charge < -0.3 is 10.1 Å². The summed E-state index contributed by atoms with van der Waals surface area (Å²) in [5.74, 6) is 1.48. The van der Waals surface area contributed by atoms with Crippen molar-refractivity contribution in [1.29, 1.82) is 0 Å². The van der Waals surface area contributed by atoms with Crippen LogP contribution in [0.5, 0.6) is 0 Å². The summed E-state index contributed by atoms with van der Waals surface area (Å²) in [4.78, 5) is 24.3. The first kappa shape index (κ1) is 24.0. The third-order valence-electron chi connectivity index (χ3n) is 8.80. The second-order valence-corrected chi connectivity index (χ2v) is 11.1. The Kier molecular flexibility index (Phi) is 6.69. The number of hydrogen-bond acceptors (Lipinski definition) is 3. The molecule has 4 aliphatic rings. The number of amides is 1. The molecule has 8 atom stereocenters. The quantitative estimate of drug-likeness (QED) is 0.531. The van der Waals surface area contributed by atoms with Crippen LogP contribution in [0.25, 0.3) is 5.57 Å². The van der Waals surface area contributed by atoms with Crippen molar-refractivity contribution in [3.05, 3.63) is 65.5 Å². The Morgan fingerprint density at radius 2 is 2.03 bits per heavy atom. The Bertz CT molecular complexity index is 1100. The van der Waals surface area contributed by atoms with E-state index in [1.807, 2.05) is 13.0 Å². The number of carbonyl (C=O) groups excluding carboxylic acids is 2. The van der Waals surface area contributed by atoms with Gasteiger partial charge in [-0.3, -0.25) is 9.59 Å². The number of rotatable bonds is 4. The molecule has 0 radical (unpaired) electrons. The molecule has 3 fully saturated rings. The van der Waals surface area contributed by atoms with Gasteiger partial charge in [0, 0.05) is 20.3 Å². The highest BCUT2D eigenvalue weighted by Crippen LogP contribution is 2.53. The Labute approximate surface area is 209 Å². The van der Waals surface area contributed by atoms with E-state index in [2.05, 4.69) is 36.5 Å². The third kappa shape index (κ3) is 4.87. The van der Waals surface area contributed by atoms with Crippen molar-refractivity contribution in [2.24, 2.45) is 35.5 Å². The highest BCUT2D eigenvalue weighted by Gasteiger charge is 2.54. The van der Waals surface area contributed by atoms with Gasteiger partial charge in [-0.25, -0.2) is 4.39 Å². The summed E-state index contributed by atoms with van der Waals surface area (Å²) in [6.45, 7) is 5.82. The van der Waals surface area contributed by atoms with E-state index in [0.29, 0.717) is 23.7 Å². The van der Waals surface area contributed by atoms with Gasteiger partial charge in [0.25, 0.3) is 0 Å². The minimum absolute atomic E-state index is 0. The van der Waals surface area contributed by atoms with E-state index < -0.39 is 0 Å². The smallest absolute Gasteiger partial charge is 0.309 e. The number of cyclic esters (lactones) is 1. The number of hydrogen-bond donors (Lipinski definition) is 1. The van der Waals surface area contributed by atoms with Gasteiger partial charge >= 0.3 is 5.97 Å². The molecular formula is C30H38FNO3. The largest absolute Gasteiger partial charge is 0.462 e. The van der Waals surface area contributed by atoms with E-state index in [1.54, 1.807) is 19.1 Å². The molecule has 1 aromatic rings. The molecule has 1 aliphatic heterocycles. The molecule has 0 bridgehead atoms. The van der Waals surface area contributed by atoms with Crippen LogP contribution in [0.2, 0.25) is 0 Å². The monoisotopic (exact) mass is 479 g/mol. The number of halogens is 1. The average Bonchev–Trinajstić information content (AvgIpc) is 3.09. The van der Waals surface area contributed by atoms with Crippen molar-refractivity contribution >= 4 is 17.4 Å². The van der Waals surface area contributed by atoms with Gasteiger partial charge in [0.2, 0.25) is 5.91 Å². The first-order chi connectivity index (χ1) is 16.8. The zero-order valence-corrected chi connectivity index (χ0v) is 20.9. The lowest BCUT2D eigenvalue weighted by atomic mass is 9.56. The molecule has 1 heterocycles. The highest BCUT2D eigenvalue weighted by atomic mass is 19.1. The molecule has 3 aliphatic carbocycles. The van der Waals surface area contributed by atoms with E-state index in [1.165, 1.54) is 17.2 Å². The zero-order chi connectivity index (χ0) is 24.7. The van der Waals surface area contributed by atoms with Crippen LogP contribution in [0.1, 0.15) is 59.9 Å². The van der Waals surface area contributed by atoms with E-state index in [9.17, 15) is 14.0 Å². The molecule has 1 unspecified atom stereocenters. The molecule has 0 spiro atoms. The van der Waals surface area contributed by atoms with Crippen LogP contribution in [0.3, 0.4) is 0 Å². The van der Waals surface area contributed by atoms with Crippen LogP contribution in [0.4, 0.5) is 4.39 Å². The van der Waals surface area contributed by atoms with Crippen LogP contribution in [0.15, 0.2) is 54.1 Å². The minimum atomic E-state index is -0.206. The van der Waals surface area contributed by atoms with Crippen LogP contribution < -0.4 is 5.32 Å². The lowest BCUT2D eigenvalue weighted by Crippen LogP contribution is -2.48. The van der Waals surface area contributed by atoms with Crippen molar-refractivity contribution in [2.75, 3.05) is 0 Å². The fourth-order valence-electron chi connectivity index (χ4n) is 7.33. The number of nitrogens with one attached hydrogen (secondary N) is 1. The summed E-state index contributed by atoms with van der Waals surface area (Å²) < 4.78 is 19.5. The lowest BCUT2D eigenvalue weighted by Gasteiger charge is -2.47. The van der Waals surface area contributed by atoms with Gasteiger partial charge in [0.05, 0.1) is 5.92 Å². The van der Waals surface area contributed by atoms with Crippen molar-refractivity contribution in [3.63, 3.8) is 0 Å². The maximum atomic E-state index is 13.7. The molecule has 1 amide bonds. The summed E-state index contributed by atoms with van der Waals surface area (Å²) in [7, 11) is 0. The summed E-state index contributed by atoms with van der Waals surface area (Å²) in [6.07, 6.45) is 13.6. The Morgan fingerprint density at radius 3 is 2.77 bits per heavy atom. The van der Waals surface area contributed by atoms with Crippen LogP contribution in [0, 0.1) is 41.3 Å². The molecule has 1 aromatic carbocycles. The standard InChI is InChI=1S/C30H36FNO3.H2/c1-17-13-20(7-10-25(17)21-5-4-6-23(31)14-21)8-11-27-26-12-9-24(32-19(3)33)15-22(26)16-28-29(27)18(2)35-30(28)34;/h4-8,10-11,14,17-18,22,24,26-29H,9,12-13,15-16H2,1-3H3,(H,32,33);1H/b11-8+;/t17?,18-,22-,24-,26-,27+,28-,29-;/m0./s1. The SMILES string of the molecule is CC(=O)N[C@H]1CC[C@H]2[C@@H](C1)C[C@@H]1C(=O)O[C@@H](C)[C@H]1[C@@H]2/C=C/C1=CC=C(c2cccc(F)c2)C(C)C1.[HH]. The van der Waals surface area contributed by atoms with Gasteiger partial charge in [-0.2, -0.15) is 0 Å². The topological polar surface area (TPSA) is 55.4 Å². The maximum absolute atomic E-state index is 13.7. The molecule has 4 nitrogen and oxygen atoms in total. The van der Waals surface area contributed by atoms with Gasteiger partial charge in [-0.1, -0.05) is 43.4 Å². The minimum Gasteiger partial charge on any atom is -0.462 e. The molecule has 0 aromatic heterocycles. The van der Waals surface area contributed by atoms with Crippen LogP contribution in [-0.4, -0.2) is 24.0 Å². The normalized spacial score (nSPS) is 36.6. The fraction of sp³-hybridized carbons (Fsp3) is 0.533. The fourth-order valence-corrected chi connectivity index (χ4v) is 7.33. The molecule has 188 valence electrons. The summed E-state index contributed by atoms with van der Waals surface area (Å²) in [5.41, 5.74) is 3.38. The lowest BCUT2D eigenvalue weighted by molar-refractivity contribution is -0.144. The molecule has 1 N–H and O–H groups in total. The molecule has 2 saturated carbocycles. The number of benzene rings is 1. The predicted octanol–water partition coefficient (Wildman–Crippen LogP) is 6.10. The highest BCUT2D eigenvalue weighted by molar-refractivity contribution is 5.76. The second kappa shape index (κ2) is 9.75. The number of carbonyl (C=O) groups is 2.